The molecule has 1 fully saturated rings. The number of rotatable bonds is 3. The van der Waals surface area contributed by atoms with Gasteiger partial charge in [-0.3, -0.25) is 14.7 Å². The van der Waals surface area contributed by atoms with Gasteiger partial charge in [-0.1, -0.05) is 0 Å². The molecule has 134 valence electrons. The van der Waals surface area contributed by atoms with E-state index in [2.05, 4.69) is 30.4 Å². The summed E-state index contributed by atoms with van der Waals surface area (Å²) in [6.45, 7) is 3.14. The Labute approximate surface area is 148 Å². The summed E-state index contributed by atoms with van der Waals surface area (Å²) in [5.74, 6) is 1.000. The molecule has 1 atom stereocenters. The molecule has 0 saturated carbocycles. The molecule has 1 saturated heterocycles. The maximum absolute atomic E-state index is 12.6. The average molecular weight is 354 g/mol. The van der Waals surface area contributed by atoms with E-state index < -0.39 is 11.5 Å². The fraction of sp³-hybridized carbons (Fsp3) is 0.375. The van der Waals surface area contributed by atoms with Gasteiger partial charge in [0.05, 0.1) is 0 Å². The monoisotopic (exact) mass is 354 g/mol. The van der Waals surface area contributed by atoms with Crippen LogP contribution in [0.2, 0.25) is 0 Å². The first-order valence-electron chi connectivity index (χ1n) is 8.39. The minimum atomic E-state index is -0.466. The number of H-pyrrole nitrogens is 1. The molecule has 0 unspecified atom stereocenters. The third-order valence-corrected chi connectivity index (χ3v) is 4.32. The summed E-state index contributed by atoms with van der Waals surface area (Å²) < 4.78 is 1.18. The zero-order chi connectivity index (χ0) is 18.1. The molecule has 1 aliphatic heterocycles. The molecule has 1 aliphatic rings. The van der Waals surface area contributed by atoms with Gasteiger partial charge in [-0.25, -0.2) is 15.0 Å². The van der Waals surface area contributed by atoms with Crippen molar-refractivity contribution in [2.75, 3.05) is 18.0 Å². The molecule has 0 radical (unpaired) electrons. The lowest BCUT2D eigenvalue weighted by Crippen LogP contribution is -2.49. The average Bonchev–Trinajstić information content (AvgIpc) is 3.04. The molecule has 4 heterocycles. The minimum absolute atomic E-state index is 0.0146. The third kappa shape index (κ3) is 3.01. The number of nitrogens with one attached hydrogen (secondary N) is 2. The second kappa shape index (κ2) is 6.54. The van der Waals surface area contributed by atoms with Crippen molar-refractivity contribution in [1.29, 1.82) is 0 Å². The van der Waals surface area contributed by atoms with Crippen LogP contribution in [0, 0.1) is 6.92 Å². The van der Waals surface area contributed by atoms with Gasteiger partial charge in [0, 0.05) is 37.7 Å². The molecular formula is C16H18N8O2. The first-order chi connectivity index (χ1) is 12.6. The van der Waals surface area contributed by atoms with Crippen molar-refractivity contribution in [2.24, 2.45) is 0 Å². The maximum atomic E-state index is 12.6. The van der Waals surface area contributed by atoms with Crippen molar-refractivity contribution in [3.05, 3.63) is 46.4 Å². The Hall–Kier alpha value is -3.30. The second-order valence-corrected chi connectivity index (χ2v) is 6.23. The number of hydrogen-bond donors (Lipinski definition) is 2. The van der Waals surface area contributed by atoms with Gasteiger partial charge in [0.15, 0.2) is 0 Å². The van der Waals surface area contributed by atoms with Crippen molar-refractivity contribution in [2.45, 2.75) is 25.8 Å². The molecule has 26 heavy (non-hydrogen) atoms. The molecule has 4 rings (SSSR count). The number of aromatic amines is 1. The van der Waals surface area contributed by atoms with E-state index in [1.807, 2.05) is 4.90 Å². The highest BCUT2D eigenvalue weighted by Crippen LogP contribution is 2.15. The molecule has 0 bridgehead atoms. The topological polar surface area (TPSA) is 121 Å². The molecular weight excluding hydrogens is 336 g/mol. The zero-order valence-corrected chi connectivity index (χ0v) is 14.2. The number of piperidine rings is 1. The van der Waals surface area contributed by atoms with Gasteiger partial charge in [-0.05, 0) is 25.8 Å². The Kier molecular flexibility index (Phi) is 4.07. The van der Waals surface area contributed by atoms with Crippen LogP contribution in [0.1, 0.15) is 29.0 Å². The van der Waals surface area contributed by atoms with E-state index in [4.69, 9.17) is 0 Å². The van der Waals surface area contributed by atoms with Gasteiger partial charge in [-0.15, -0.1) is 0 Å². The standard InChI is InChI=1S/C16H18N8O2/c1-10-20-16-19-8-12(14(26)24(16)22-10)13(25)21-11-4-2-7-23(9-11)15-17-5-3-6-18-15/h3,5-6,8,11H,2,4,7,9H2,1H3,(H,21,25)(H,19,20,22)/t11-/m0/s1. The molecule has 3 aromatic rings. The van der Waals surface area contributed by atoms with Gasteiger partial charge >= 0.3 is 0 Å². The zero-order valence-electron chi connectivity index (χ0n) is 14.2. The highest BCUT2D eigenvalue weighted by Gasteiger charge is 2.24. The smallest absolute Gasteiger partial charge is 0.286 e. The summed E-state index contributed by atoms with van der Waals surface area (Å²) >= 11 is 0. The number of anilines is 1. The van der Waals surface area contributed by atoms with E-state index in [1.165, 1.54) is 10.7 Å². The minimum Gasteiger partial charge on any atom is -0.347 e. The molecule has 1 amide bonds. The van der Waals surface area contributed by atoms with E-state index in [0.29, 0.717) is 18.3 Å². The van der Waals surface area contributed by atoms with E-state index in [0.717, 1.165) is 19.4 Å². The van der Waals surface area contributed by atoms with Crippen molar-refractivity contribution in [3.8, 4) is 0 Å². The molecule has 0 aromatic carbocycles. The summed E-state index contributed by atoms with van der Waals surface area (Å²) in [6.07, 6.45) is 6.39. The first-order valence-corrected chi connectivity index (χ1v) is 8.39. The number of fused-ring (bicyclic) bond motifs is 1. The quantitative estimate of drug-likeness (QED) is 0.674. The molecule has 10 nitrogen and oxygen atoms in total. The molecule has 0 aliphatic carbocycles. The van der Waals surface area contributed by atoms with Crippen LogP contribution in [0.3, 0.4) is 0 Å². The Balaban J connectivity index is 1.51. The van der Waals surface area contributed by atoms with E-state index >= 15 is 0 Å². The Morgan fingerprint density at radius 3 is 2.92 bits per heavy atom. The van der Waals surface area contributed by atoms with E-state index in [-0.39, 0.29) is 17.4 Å². The van der Waals surface area contributed by atoms with Crippen LogP contribution in [-0.2, 0) is 0 Å². The first kappa shape index (κ1) is 16.2. The summed E-state index contributed by atoms with van der Waals surface area (Å²) in [6, 6.07) is 1.67. The van der Waals surface area contributed by atoms with Crippen molar-refractivity contribution in [3.63, 3.8) is 0 Å². The fourth-order valence-corrected chi connectivity index (χ4v) is 3.11. The van der Waals surface area contributed by atoms with E-state index in [9.17, 15) is 9.59 Å². The number of amides is 1. The van der Waals surface area contributed by atoms with Gasteiger partial charge in [0.2, 0.25) is 5.95 Å². The molecule has 2 N–H and O–H groups in total. The summed E-state index contributed by atoms with van der Waals surface area (Å²) in [5.41, 5.74) is -0.480. The maximum Gasteiger partial charge on any atom is 0.286 e. The third-order valence-electron chi connectivity index (χ3n) is 4.32. The highest BCUT2D eigenvalue weighted by atomic mass is 16.2. The highest BCUT2D eigenvalue weighted by molar-refractivity contribution is 5.93. The predicted octanol–water partition coefficient (Wildman–Crippen LogP) is -0.0852. The molecule has 10 heteroatoms. The van der Waals surface area contributed by atoms with Gasteiger partial charge in [-0.2, -0.15) is 9.50 Å². The largest absolute Gasteiger partial charge is 0.347 e. The molecule has 3 aromatic heterocycles. The van der Waals surface area contributed by atoms with Crippen LogP contribution in [0.5, 0.6) is 0 Å². The second-order valence-electron chi connectivity index (χ2n) is 6.23. The lowest BCUT2D eigenvalue weighted by atomic mass is 10.1. The summed E-state index contributed by atoms with van der Waals surface area (Å²) in [7, 11) is 0. The van der Waals surface area contributed by atoms with Gasteiger partial charge in [0.25, 0.3) is 17.2 Å². The number of aromatic nitrogens is 6. The SMILES string of the molecule is Cc1nc2ncc(C(=O)N[C@H]3CCCN(c4ncccn4)C3)c(=O)n2[nH]1. The van der Waals surface area contributed by atoms with Crippen LogP contribution < -0.4 is 15.8 Å². The van der Waals surface area contributed by atoms with Crippen LogP contribution in [0.15, 0.2) is 29.5 Å². The number of hydrogen-bond acceptors (Lipinski definition) is 7. The molecule has 0 spiro atoms. The Morgan fingerprint density at radius 1 is 1.31 bits per heavy atom. The summed E-state index contributed by atoms with van der Waals surface area (Å²) in [5, 5.41) is 5.70. The summed E-state index contributed by atoms with van der Waals surface area (Å²) in [4.78, 5) is 43.7. The number of aryl methyl sites for hydroxylation is 1. The number of nitrogens with zero attached hydrogens (tertiary/aromatic N) is 6. The number of carbonyl (C=O) groups is 1. The van der Waals surface area contributed by atoms with E-state index in [1.54, 1.807) is 25.4 Å². The lowest BCUT2D eigenvalue weighted by molar-refractivity contribution is 0.0931. The van der Waals surface area contributed by atoms with Crippen molar-refractivity contribution >= 4 is 17.6 Å². The van der Waals surface area contributed by atoms with Gasteiger partial charge in [0.1, 0.15) is 11.4 Å². The van der Waals surface area contributed by atoms with Gasteiger partial charge < -0.3 is 10.2 Å². The Bertz CT molecular complexity index is 996. The van der Waals surface area contributed by atoms with Crippen LogP contribution in [0.4, 0.5) is 5.95 Å². The Morgan fingerprint density at radius 2 is 2.12 bits per heavy atom. The van der Waals surface area contributed by atoms with Crippen molar-refractivity contribution < 1.29 is 4.79 Å². The lowest BCUT2D eigenvalue weighted by Gasteiger charge is -2.33. The number of carbonyl (C=O) groups excluding carboxylic acids is 1. The van der Waals surface area contributed by atoms with Crippen LogP contribution in [-0.4, -0.2) is 54.6 Å². The van der Waals surface area contributed by atoms with Crippen LogP contribution >= 0.6 is 0 Å². The van der Waals surface area contributed by atoms with Crippen LogP contribution in [0.25, 0.3) is 5.78 Å². The van der Waals surface area contributed by atoms with Crippen molar-refractivity contribution in [1.82, 2.24) is 34.9 Å². The fourth-order valence-electron chi connectivity index (χ4n) is 3.11. The normalized spacial score (nSPS) is 17.4. The predicted molar refractivity (Wildman–Crippen MR) is 93.1 cm³/mol.